The highest BCUT2D eigenvalue weighted by atomic mass is 35.5. The zero-order chi connectivity index (χ0) is 18.8. The maximum absolute atomic E-state index is 12.6. The van der Waals surface area contributed by atoms with Crippen LogP contribution in [0.4, 0.5) is 16.2 Å². The number of nitrogens with one attached hydrogen (secondary N) is 1. The Morgan fingerprint density at radius 2 is 2.00 bits per heavy atom. The summed E-state index contributed by atoms with van der Waals surface area (Å²) in [7, 11) is 3.80. The summed E-state index contributed by atoms with van der Waals surface area (Å²) in [6.45, 7) is 5.95. The Labute approximate surface area is 154 Å². The van der Waals surface area contributed by atoms with Crippen LogP contribution in [0, 0.1) is 0 Å². The predicted octanol–water partition coefficient (Wildman–Crippen LogP) is 3.74. The van der Waals surface area contributed by atoms with Gasteiger partial charge in [-0.2, -0.15) is 0 Å². The smallest absolute Gasteiger partial charge is 0.410 e. The van der Waals surface area contributed by atoms with E-state index in [0.717, 1.165) is 12.1 Å². The average Bonchev–Trinajstić information content (AvgIpc) is 2.94. The first kappa shape index (κ1) is 19.4. The van der Waals surface area contributed by atoms with Crippen molar-refractivity contribution in [3.05, 3.63) is 23.2 Å². The van der Waals surface area contributed by atoms with E-state index < -0.39 is 17.7 Å². The number of likely N-dealkylation sites (tertiary alicyclic amines) is 1. The maximum atomic E-state index is 12.6. The van der Waals surface area contributed by atoms with Crippen LogP contribution < -0.4 is 10.2 Å². The molecule has 0 aromatic heterocycles. The first-order valence-corrected chi connectivity index (χ1v) is 8.73. The van der Waals surface area contributed by atoms with Gasteiger partial charge < -0.3 is 15.0 Å². The highest BCUT2D eigenvalue weighted by Crippen LogP contribution is 2.28. The highest BCUT2D eigenvalue weighted by molar-refractivity contribution is 6.33. The van der Waals surface area contributed by atoms with Crippen molar-refractivity contribution in [3.8, 4) is 0 Å². The van der Waals surface area contributed by atoms with Gasteiger partial charge in [0.05, 0.1) is 10.7 Å². The van der Waals surface area contributed by atoms with E-state index in [1.807, 2.05) is 45.8 Å². The van der Waals surface area contributed by atoms with E-state index in [9.17, 15) is 9.59 Å². The number of halogens is 1. The van der Waals surface area contributed by atoms with Crippen molar-refractivity contribution in [3.63, 3.8) is 0 Å². The van der Waals surface area contributed by atoms with Gasteiger partial charge in [0.15, 0.2) is 0 Å². The minimum Gasteiger partial charge on any atom is -0.444 e. The lowest BCUT2D eigenvalue weighted by Gasteiger charge is -2.28. The third-order valence-corrected chi connectivity index (χ3v) is 4.18. The molecule has 7 heteroatoms. The summed E-state index contributed by atoms with van der Waals surface area (Å²) >= 11 is 6.24. The summed E-state index contributed by atoms with van der Waals surface area (Å²) in [6.07, 6.45) is 0.942. The van der Waals surface area contributed by atoms with Crippen LogP contribution in [0.1, 0.15) is 33.6 Å². The number of anilines is 2. The quantitative estimate of drug-likeness (QED) is 0.883. The van der Waals surface area contributed by atoms with Crippen LogP contribution in [-0.2, 0) is 9.53 Å². The molecule has 1 aromatic carbocycles. The lowest BCUT2D eigenvalue weighted by atomic mass is 10.2. The van der Waals surface area contributed by atoms with Crippen molar-refractivity contribution in [2.45, 2.75) is 45.3 Å². The molecular weight excluding hydrogens is 342 g/mol. The molecule has 0 aliphatic carbocycles. The summed E-state index contributed by atoms with van der Waals surface area (Å²) in [5, 5.41) is 3.40. The molecule has 2 amide bonds. The molecular formula is C18H26ClN3O3. The monoisotopic (exact) mass is 367 g/mol. The van der Waals surface area contributed by atoms with E-state index in [-0.39, 0.29) is 5.91 Å². The van der Waals surface area contributed by atoms with Gasteiger partial charge in [0.2, 0.25) is 5.91 Å². The molecule has 138 valence electrons. The van der Waals surface area contributed by atoms with Crippen molar-refractivity contribution in [1.29, 1.82) is 0 Å². The molecule has 2 rings (SSSR count). The van der Waals surface area contributed by atoms with Gasteiger partial charge in [-0.05, 0) is 51.8 Å². The largest absolute Gasteiger partial charge is 0.444 e. The summed E-state index contributed by atoms with van der Waals surface area (Å²) in [4.78, 5) is 28.3. The normalized spacial score (nSPS) is 17.4. The van der Waals surface area contributed by atoms with Crippen LogP contribution in [0.25, 0.3) is 0 Å². The van der Waals surface area contributed by atoms with Crippen molar-refractivity contribution in [1.82, 2.24) is 4.90 Å². The summed E-state index contributed by atoms with van der Waals surface area (Å²) in [5.41, 5.74) is 0.892. The summed E-state index contributed by atoms with van der Waals surface area (Å²) < 4.78 is 5.39. The lowest BCUT2D eigenvalue weighted by molar-refractivity contribution is -0.120. The third-order valence-electron chi connectivity index (χ3n) is 3.88. The molecule has 6 nitrogen and oxygen atoms in total. The number of amides is 2. The molecule has 1 aliphatic heterocycles. The zero-order valence-corrected chi connectivity index (χ0v) is 16.2. The fourth-order valence-corrected chi connectivity index (χ4v) is 3.10. The number of hydrogen-bond donors (Lipinski definition) is 1. The fourth-order valence-electron chi connectivity index (χ4n) is 2.75. The van der Waals surface area contributed by atoms with E-state index >= 15 is 0 Å². The molecule has 25 heavy (non-hydrogen) atoms. The van der Waals surface area contributed by atoms with E-state index in [0.29, 0.717) is 23.7 Å². The predicted molar refractivity (Wildman–Crippen MR) is 100 cm³/mol. The standard InChI is InChI=1S/C18H26ClN3O3/c1-18(2,3)25-17(24)22-10-6-7-15(22)16(23)20-12-8-9-14(21(4)5)13(19)11-12/h8-9,11,15H,6-7,10H2,1-5H3,(H,20,23). The van der Waals surface area contributed by atoms with Crippen molar-refractivity contribution < 1.29 is 14.3 Å². The second-order valence-electron chi connectivity index (χ2n) is 7.38. The molecule has 0 saturated carbocycles. The molecule has 0 spiro atoms. The van der Waals surface area contributed by atoms with Crippen LogP contribution in [0.15, 0.2) is 18.2 Å². The number of ether oxygens (including phenoxy) is 1. The van der Waals surface area contributed by atoms with Crippen LogP contribution in [0.2, 0.25) is 5.02 Å². The first-order chi connectivity index (χ1) is 11.6. The SMILES string of the molecule is CN(C)c1ccc(NC(=O)C2CCCN2C(=O)OC(C)(C)C)cc1Cl. The Kier molecular flexibility index (Phi) is 5.83. The van der Waals surface area contributed by atoms with Gasteiger partial charge in [0, 0.05) is 26.3 Å². The van der Waals surface area contributed by atoms with Gasteiger partial charge in [0.1, 0.15) is 11.6 Å². The minimum atomic E-state index is -0.587. The number of carbonyl (C=O) groups excluding carboxylic acids is 2. The Morgan fingerprint density at radius 3 is 2.56 bits per heavy atom. The molecule has 1 atom stereocenters. The Balaban J connectivity index is 2.07. The maximum Gasteiger partial charge on any atom is 0.410 e. The molecule has 1 fully saturated rings. The number of carbonyl (C=O) groups is 2. The number of nitrogens with zero attached hydrogens (tertiary/aromatic N) is 2. The zero-order valence-electron chi connectivity index (χ0n) is 15.4. The van der Waals surface area contributed by atoms with Gasteiger partial charge in [-0.3, -0.25) is 9.69 Å². The van der Waals surface area contributed by atoms with Crippen molar-refractivity contribution >= 4 is 35.0 Å². The molecule has 1 heterocycles. The fraction of sp³-hybridized carbons (Fsp3) is 0.556. The van der Waals surface area contributed by atoms with Gasteiger partial charge in [-0.1, -0.05) is 11.6 Å². The molecule has 0 radical (unpaired) electrons. The Morgan fingerprint density at radius 1 is 1.32 bits per heavy atom. The van der Waals surface area contributed by atoms with Gasteiger partial charge >= 0.3 is 6.09 Å². The van der Waals surface area contributed by atoms with E-state index in [1.54, 1.807) is 12.1 Å². The van der Waals surface area contributed by atoms with Crippen LogP contribution in [-0.4, -0.2) is 49.2 Å². The molecule has 0 bridgehead atoms. The van der Waals surface area contributed by atoms with E-state index in [4.69, 9.17) is 16.3 Å². The molecule has 1 aliphatic rings. The Bertz CT molecular complexity index is 655. The van der Waals surface area contributed by atoms with Gasteiger partial charge in [-0.15, -0.1) is 0 Å². The average molecular weight is 368 g/mol. The number of hydrogen-bond acceptors (Lipinski definition) is 4. The van der Waals surface area contributed by atoms with Crippen LogP contribution in [0.5, 0.6) is 0 Å². The molecule has 1 saturated heterocycles. The molecule has 1 unspecified atom stereocenters. The van der Waals surface area contributed by atoms with Crippen molar-refractivity contribution in [2.75, 3.05) is 30.9 Å². The molecule has 1 N–H and O–H groups in total. The minimum absolute atomic E-state index is 0.225. The van der Waals surface area contributed by atoms with E-state index in [1.165, 1.54) is 4.90 Å². The molecule has 1 aromatic rings. The second-order valence-corrected chi connectivity index (χ2v) is 7.79. The topological polar surface area (TPSA) is 61.9 Å². The van der Waals surface area contributed by atoms with Crippen LogP contribution in [0.3, 0.4) is 0 Å². The van der Waals surface area contributed by atoms with Crippen LogP contribution >= 0.6 is 11.6 Å². The Hall–Kier alpha value is -1.95. The van der Waals surface area contributed by atoms with Crippen molar-refractivity contribution in [2.24, 2.45) is 0 Å². The highest BCUT2D eigenvalue weighted by Gasteiger charge is 2.36. The summed E-state index contributed by atoms with van der Waals surface area (Å²) in [6, 6.07) is 4.83. The second kappa shape index (κ2) is 7.52. The first-order valence-electron chi connectivity index (χ1n) is 8.36. The number of benzene rings is 1. The lowest BCUT2D eigenvalue weighted by Crippen LogP contribution is -2.45. The van der Waals surface area contributed by atoms with Gasteiger partial charge in [0.25, 0.3) is 0 Å². The summed E-state index contributed by atoms with van der Waals surface area (Å²) in [5.74, 6) is -0.225. The third kappa shape index (κ3) is 5.01. The number of rotatable bonds is 3. The van der Waals surface area contributed by atoms with E-state index in [2.05, 4.69) is 5.32 Å². The van der Waals surface area contributed by atoms with Gasteiger partial charge in [-0.25, -0.2) is 4.79 Å².